The lowest BCUT2D eigenvalue weighted by Gasteiger charge is -2.48. The molecule has 2 aliphatic carbocycles. The van der Waals surface area contributed by atoms with Crippen LogP contribution in [-0.4, -0.2) is 58.8 Å². The largest absolute Gasteiger partial charge is 0.390 e. The van der Waals surface area contributed by atoms with E-state index in [2.05, 4.69) is 0 Å². The predicted octanol–water partition coefficient (Wildman–Crippen LogP) is -2.01. The van der Waals surface area contributed by atoms with Crippen LogP contribution in [0.1, 0.15) is 32.1 Å². The van der Waals surface area contributed by atoms with Crippen molar-refractivity contribution >= 4 is 0 Å². The van der Waals surface area contributed by atoms with Crippen molar-refractivity contribution in [3.05, 3.63) is 0 Å². The van der Waals surface area contributed by atoms with Crippen molar-refractivity contribution in [3.8, 4) is 0 Å². The molecule has 1 aliphatic heterocycles. The highest BCUT2D eigenvalue weighted by Crippen LogP contribution is 2.39. The molecule has 10 N–H and O–H groups in total. The highest BCUT2D eigenvalue weighted by Gasteiger charge is 2.49. The highest BCUT2D eigenvalue weighted by molar-refractivity contribution is 5.04. The lowest BCUT2D eigenvalue weighted by Crippen LogP contribution is -2.65. The fraction of sp³-hybridized carbons (Fsp3) is 1.00. The van der Waals surface area contributed by atoms with E-state index in [1.807, 2.05) is 0 Å². The summed E-state index contributed by atoms with van der Waals surface area (Å²) in [5, 5.41) is 20.5. The minimum Gasteiger partial charge on any atom is -0.390 e. The van der Waals surface area contributed by atoms with Crippen LogP contribution in [0.25, 0.3) is 0 Å². The Labute approximate surface area is 131 Å². The first-order valence-electron chi connectivity index (χ1n) is 8.44. The number of hydrogen-bond donors (Lipinski definition) is 6. The molecule has 1 unspecified atom stereocenters. The van der Waals surface area contributed by atoms with Gasteiger partial charge in [0.25, 0.3) is 0 Å². The number of aliphatic hydroxyl groups excluding tert-OH is 2. The zero-order chi connectivity index (χ0) is 16.0. The van der Waals surface area contributed by atoms with Crippen molar-refractivity contribution in [2.75, 3.05) is 0 Å². The van der Waals surface area contributed by atoms with Gasteiger partial charge >= 0.3 is 0 Å². The third-order valence-corrected chi connectivity index (χ3v) is 5.74. The number of nitrogens with two attached hydrogens (primary N) is 4. The van der Waals surface area contributed by atoms with Gasteiger partial charge in [-0.2, -0.15) is 0 Å². The molecule has 0 bridgehead atoms. The first kappa shape index (κ1) is 16.6. The van der Waals surface area contributed by atoms with E-state index >= 15 is 0 Å². The number of hydrogen-bond acceptors (Lipinski definition) is 7. The molecule has 7 nitrogen and oxygen atoms in total. The second-order valence-corrected chi connectivity index (χ2v) is 7.42. The summed E-state index contributed by atoms with van der Waals surface area (Å²) in [6.45, 7) is 0. The average molecular weight is 314 g/mol. The Kier molecular flexibility index (Phi) is 4.76. The van der Waals surface area contributed by atoms with E-state index < -0.39 is 24.2 Å². The van der Waals surface area contributed by atoms with Gasteiger partial charge in [0.15, 0.2) is 0 Å². The van der Waals surface area contributed by atoms with Crippen LogP contribution in [0.4, 0.5) is 0 Å². The average Bonchev–Trinajstić information content (AvgIpc) is 3.31. The molecule has 0 radical (unpaired) electrons. The molecule has 3 rings (SSSR count). The Morgan fingerprint density at radius 1 is 0.864 bits per heavy atom. The lowest BCUT2D eigenvalue weighted by atomic mass is 9.72. The van der Waals surface area contributed by atoms with Crippen molar-refractivity contribution < 1.29 is 14.9 Å². The summed E-state index contributed by atoms with van der Waals surface area (Å²) < 4.78 is 6.18. The van der Waals surface area contributed by atoms with E-state index in [-0.39, 0.29) is 30.3 Å². The zero-order valence-corrected chi connectivity index (χ0v) is 12.9. The second kappa shape index (κ2) is 6.32. The molecule has 7 heteroatoms. The van der Waals surface area contributed by atoms with E-state index in [4.69, 9.17) is 27.7 Å². The van der Waals surface area contributed by atoms with Crippen LogP contribution in [0.3, 0.4) is 0 Å². The first-order chi connectivity index (χ1) is 10.4. The number of rotatable bonds is 3. The molecule has 22 heavy (non-hydrogen) atoms. The van der Waals surface area contributed by atoms with E-state index in [0.29, 0.717) is 12.3 Å². The molecule has 128 valence electrons. The van der Waals surface area contributed by atoms with Gasteiger partial charge < -0.3 is 37.9 Å². The van der Waals surface area contributed by atoms with Crippen molar-refractivity contribution in [2.45, 2.75) is 80.7 Å². The van der Waals surface area contributed by atoms with Gasteiger partial charge in [0.1, 0.15) is 0 Å². The van der Waals surface area contributed by atoms with Crippen molar-refractivity contribution in [2.24, 2.45) is 34.8 Å². The molecule has 3 aliphatic rings. The zero-order valence-electron chi connectivity index (χ0n) is 12.9. The highest BCUT2D eigenvalue weighted by atomic mass is 16.5. The maximum absolute atomic E-state index is 10.4. The summed E-state index contributed by atoms with van der Waals surface area (Å²) in [6, 6.07) is -1.01. The third-order valence-electron chi connectivity index (χ3n) is 5.74. The van der Waals surface area contributed by atoms with Gasteiger partial charge in [0, 0.05) is 30.1 Å². The molecule has 0 aromatic carbocycles. The van der Waals surface area contributed by atoms with Gasteiger partial charge in [-0.3, -0.25) is 0 Å². The molecular formula is C15H30N4O3. The standard InChI is InChI=1S/C15H30N4O3/c16-7-3-4-10(12(19)6-1-2-6)22-15(7)11-8(17)5-9(18)13(20)14(11)21/h6-15,20-21H,1-5,16-19H2/t7-,8+,9-,10+,11?,12-,13+,14+,15+/m1/s1. The Bertz CT molecular complexity index is 395. The molecular weight excluding hydrogens is 284 g/mol. The SMILES string of the molecule is N[C@@H]1C[C@H](N)C([C@H]2O[C@H]([C@H](N)C3CC3)CC[C@H]2N)[C@H](O)[C@H]1O. The van der Waals surface area contributed by atoms with Crippen LogP contribution in [0.5, 0.6) is 0 Å². The summed E-state index contributed by atoms with van der Waals surface area (Å²) in [7, 11) is 0. The lowest BCUT2D eigenvalue weighted by molar-refractivity contribution is -0.157. The fourth-order valence-electron chi connectivity index (χ4n) is 4.12. The van der Waals surface area contributed by atoms with Crippen LogP contribution in [0.15, 0.2) is 0 Å². The van der Waals surface area contributed by atoms with Crippen LogP contribution in [0.2, 0.25) is 0 Å². The maximum Gasteiger partial charge on any atom is 0.0954 e. The second-order valence-electron chi connectivity index (χ2n) is 7.42. The summed E-state index contributed by atoms with van der Waals surface area (Å²) >= 11 is 0. The molecule has 9 atom stereocenters. The minimum atomic E-state index is -1.01. The molecule has 3 fully saturated rings. The Morgan fingerprint density at radius 3 is 2.18 bits per heavy atom. The Hall–Kier alpha value is -0.280. The summed E-state index contributed by atoms with van der Waals surface area (Å²) in [4.78, 5) is 0. The molecule has 0 aromatic rings. The maximum atomic E-state index is 10.4. The normalized spacial score (nSPS) is 51.5. The van der Waals surface area contributed by atoms with E-state index in [1.54, 1.807) is 0 Å². The van der Waals surface area contributed by atoms with E-state index in [1.165, 1.54) is 0 Å². The Balaban J connectivity index is 1.72. The monoisotopic (exact) mass is 314 g/mol. The summed E-state index contributed by atoms with van der Waals surface area (Å²) in [6.07, 6.45) is 2.01. The van der Waals surface area contributed by atoms with Crippen molar-refractivity contribution in [3.63, 3.8) is 0 Å². The van der Waals surface area contributed by atoms with Crippen molar-refractivity contribution in [1.29, 1.82) is 0 Å². The molecule has 1 heterocycles. The molecule has 0 amide bonds. The topological polar surface area (TPSA) is 154 Å². The third kappa shape index (κ3) is 3.03. The van der Waals surface area contributed by atoms with E-state index in [9.17, 15) is 10.2 Å². The van der Waals surface area contributed by atoms with Gasteiger partial charge in [0.2, 0.25) is 0 Å². The Morgan fingerprint density at radius 2 is 1.55 bits per heavy atom. The van der Waals surface area contributed by atoms with Gasteiger partial charge in [-0.1, -0.05) is 0 Å². The molecule has 0 spiro atoms. The quantitative estimate of drug-likeness (QED) is 0.352. The van der Waals surface area contributed by atoms with Crippen LogP contribution >= 0.6 is 0 Å². The van der Waals surface area contributed by atoms with Crippen LogP contribution in [-0.2, 0) is 4.74 Å². The fourth-order valence-corrected chi connectivity index (χ4v) is 4.12. The van der Waals surface area contributed by atoms with Crippen LogP contribution < -0.4 is 22.9 Å². The van der Waals surface area contributed by atoms with Gasteiger partial charge in [-0.15, -0.1) is 0 Å². The molecule has 2 saturated carbocycles. The molecule has 0 aromatic heterocycles. The molecule has 1 saturated heterocycles. The number of ether oxygens (including phenoxy) is 1. The minimum absolute atomic E-state index is 0.0270. The summed E-state index contributed by atoms with van der Waals surface area (Å²) in [5.74, 6) is 0.142. The van der Waals surface area contributed by atoms with Gasteiger partial charge in [-0.25, -0.2) is 0 Å². The van der Waals surface area contributed by atoms with Gasteiger partial charge in [-0.05, 0) is 38.0 Å². The number of aliphatic hydroxyl groups is 2. The predicted molar refractivity (Wildman–Crippen MR) is 82.6 cm³/mol. The smallest absolute Gasteiger partial charge is 0.0954 e. The van der Waals surface area contributed by atoms with E-state index in [0.717, 1.165) is 25.7 Å². The summed E-state index contributed by atoms with van der Waals surface area (Å²) in [5.41, 5.74) is 24.5. The first-order valence-corrected chi connectivity index (χ1v) is 8.44. The van der Waals surface area contributed by atoms with Crippen molar-refractivity contribution in [1.82, 2.24) is 0 Å². The van der Waals surface area contributed by atoms with Crippen LogP contribution in [0, 0.1) is 11.8 Å². The van der Waals surface area contributed by atoms with Gasteiger partial charge in [0.05, 0.1) is 24.4 Å².